The average molecular weight is 325 g/mol. The normalized spacial score (nSPS) is 16.4. The van der Waals surface area contributed by atoms with E-state index in [1.807, 2.05) is 24.3 Å². The van der Waals surface area contributed by atoms with Crippen molar-refractivity contribution in [3.63, 3.8) is 0 Å². The Morgan fingerprint density at radius 3 is 2.67 bits per heavy atom. The molecule has 0 amide bonds. The molecule has 1 aliphatic carbocycles. The molecule has 0 radical (unpaired) electrons. The van der Waals surface area contributed by atoms with E-state index in [0.717, 1.165) is 17.9 Å². The van der Waals surface area contributed by atoms with Gasteiger partial charge in [0.25, 0.3) is 0 Å². The lowest BCUT2D eigenvalue weighted by molar-refractivity contribution is 0.168. The summed E-state index contributed by atoms with van der Waals surface area (Å²) in [5, 5.41) is 1.31. The van der Waals surface area contributed by atoms with Crippen molar-refractivity contribution in [2.75, 3.05) is 6.54 Å². The Balaban J connectivity index is 1.88. The minimum atomic E-state index is 0.0763. The number of hydrogen-bond acceptors (Lipinski definition) is 3. The van der Waals surface area contributed by atoms with Crippen LogP contribution in [0.15, 0.2) is 41.0 Å². The van der Waals surface area contributed by atoms with Crippen molar-refractivity contribution in [3.05, 3.63) is 58.0 Å². The largest absolute Gasteiger partial charge is 0.468 e. The summed E-state index contributed by atoms with van der Waals surface area (Å²) in [6.45, 7) is 1.26. The second kappa shape index (κ2) is 6.41. The number of rotatable bonds is 6. The Kier molecular flexibility index (Phi) is 4.55. The summed E-state index contributed by atoms with van der Waals surface area (Å²) in [5.74, 6) is 0.949. The predicted molar refractivity (Wildman–Crippen MR) is 85.5 cm³/mol. The molecule has 0 aliphatic heterocycles. The van der Waals surface area contributed by atoms with Crippen LogP contribution < -0.4 is 5.73 Å². The molecule has 5 heteroatoms. The maximum atomic E-state index is 6.36. The Morgan fingerprint density at radius 1 is 1.29 bits per heavy atom. The molecule has 0 bridgehead atoms. The van der Waals surface area contributed by atoms with Gasteiger partial charge in [-0.05, 0) is 42.7 Å². The number of nitrogens with two attached hydrogens (primary N) is 1. The van der Waals surface area contributed by atoms with Gasteiger partial charge in [-0.25, -0.2) is 0 Å². The molecule has 3 nitrogen and oxygen atoms in total. The molecule has 0 saturated heterocycles. The van der Waals surface area contributed by atoms with Crippen molar-refractivity contribution in [1.82, 2.24) is 4.90 Å². The minimum Gasteiger partial charge on any atom is -0.468 e. The van der Waals surface area contributed by atoms with Crippen LogP contribution in [0, 0.1) is 0 Å². The van der Waals surface area contributed by atoms with E-state index in [-0.39, 0.29) is 6.04 Å². The van der Waals surface area contributed by atoms with Crippen LogP contribution in [0.5, 0.6) is 0 Å². The van der Waals surface area contributed by atoms with E-state index in [1.54, 1.807) is 12.3 Å². The lowest BCUT2D eigenvalue weighted by atomic mass is 10.0. The van der Waals surface area contributed by atoms with E-state index in [4.69, 9.17) is 33.4 Å². The van der Waals surface area contributed by atoms with Gasteiger partial charge in [-0.1, -0.05) is 29.3 Å². The third kappa shape index (κ3) is 3.43. The lowest BCUT2D eigenvalue weighted by Crippen LogP contribution is -2.35. The van der Waals surface area contributed by atoms with E-state index in [1.165, 1.54) is 12.8 Å². The Morgan fingerprint density at radius 2 is 2.10 bits per heavy atom. The highest BCUT2D eigenvalue weighted by atomic mass is 35.5. The predicted octanol–water partition coefficient (Wildman–Crippen LogP) is 4.25. The monoisotopic (exact) mass is 324 g/mol. The zero-order valence-electron chi connectivity index (χ0n) is 11.6. The molecular weight excluding hydrogens is 307 g/mol. The Bertz CT molecular complexity index is 596. The maximum absolute atomic E-state index is 6.36. The molecule has 1 saturated carbocycles. The highest BCUT2D eigenvalue weighted by Crippen LogP contribution is 2.38. The van der Waals surface area contributed by atoms with E-state index in [2.05, 4.69) is 4.90 Å². The smallest absolute Gasteiger partial charge is 0.117 e. The van der Waals surface area contributed by atoms with Gasteiger partial charge >= 0.3 is 0 Å². The third-order valence-electron chi connectivity index (χ3n) is 3.88. The van der Waals surface area contributed by atoms with Crippen LogP contribution in [-0.2, 0) is 6.54 Å². The van der Waals surface area contributed by atoms with Crippen molar-refractivity contribution in [1.29, 1.82) is 0 Å². The van der Waals surface area contributed by atoms with Crippen LogP contribution in [-0.4, -0.2) is 17.5 Å². The van der Waals surface area contributed by atoms with Gasteiger partial charge in [0.2, 0.25) is 0 Å². The zero-order chi connectivity index (χ0) is 14.8. The molecule has 1 aromatic heterocycles. The van der Waals surface area contributed by atoms with Crippen LogP contribution in [0.4, 0.5) is 0 Å². The van der Waals surface area contributed by atoms with Crippen LogP contribution in [0.1, 0.15) is 30.2 Å². The molecule has 3 rings (SSSR count). The molecule has 2 N–H and O–H groups in total. The Labute approximate surface area is 134 Å². The molecule has 1 aliphatic rings. The molecule has 1 heterocycles. The van der Waals surface area contributed by atoms with Gasteiger partial charge in [0, 0.05) is 28.7 Å². The van der Waals surface area contributed by atoms with Gasteiger partial charge < -0.3 is 10.2 Å². The number of hydrogen-bond donors (Lipinski definition) is 1. The first-order valence-electron chi connectivity index (χ1n) is 7.12. The summed E-state index contributed by atoms with van der Waals surface area (Å²) in [6.07, 6.45) is 4.10. The molecule has 1 fully saturated rings. The SMILES string of the molecule is NCC(c1ccc(Cl)cc1Cl)N(Cc1ccco1)C1CC1. The molecule has 112 valence electrons. The van der Waals surface area contributed by atoms with Crippen molar-refractivity contribution < 1.29 is 4.42 Å². The van der Waals surface area contributed by atoms with Crippen molar-refractivity contribution >= 4 is 23.2 Å². The second-order valence-electron chi connectivity index (χ2n) is 5.40. The highest BCUT2D eigenvalue weighted by Gasteiger charge is 2.35. The molecule has 1 aromatic carbocycles. The number of halogens is 2. The van der Waals surface area contributed by atoms with Crippen molar-refractivity contribution in [3.8, 4) is 0 Å². The standard InChI is InChI=1S/C16H18Cl2N2O/c17-11-3-6-14(15(18)8-11)16(9-19)20(12-4-5-12)10-13-2-1-7-21-13/h1-3,6-8,12,16H,4-5,9-10,19H2. The topological polar surface area (TPSA) is 42.4 Å². The molecule has 1 unspecified atom stereocenters. The molecule has 0 spiro atoms. The molecular formula is C16H18Cl2N2O. The number of furan rings is 1. The van der Waals surface area contributed by atoms with E-state index >= 15 is 0 Å². The fourth-order valence-electron chi connectivity index (χ4n) is 2.70. The van der Waals surface area contributed by atoms with E-state index in [9.17, 15) is 0 Å². The number of benzene rings is 1. The van der Waals surface area contributed by atoms with Gasteiger partial charge in [-0.2, -0.15) is 0 Å². The summed E-state index contributed by atoms with van der Waals surface area (Å²) in [6, 6.07) is 10.1. The highest BCUT2D eigenvalue weighted by molar-refractivity contribution is 6.35. The van der Waals surface area contributed by atoms with E-state index in [0.29, 0.717) is 22.6 Å². The first-order valence-corrected chi connectivity index (χ1v) is 7.87. The lowest BCUT2D eigenvalue weighted by Gasteiger charge is -2.31. The summed E-state index contributed by atoms with van der Waals surface area (Å²) in [4.78, 5) is 2.38. The fraction of sp³-hybridized carbons (Fsp3) is 0.375. The first kappa shape index (κ1) is 14.9. The summed E-state index contributed by atoms with van der Waals surface area (Å²) < 4.78 is 5.49. The van der Waals surface area contributed by atoms with Gasteiger partial charge in [0.15, 0.2) is 0 Å². The summed E-state index contributed by atoms with van der Waals surface area (Å²) >= 11 is 12.4. The zero-order valence-corrected chi connectivity index (χ0v) is 13.1. The second-order valence-corrected chi connectivity index (χ2v) is 6.24. The van der Waals surface area contributed by atoms with Gasteiger partial charge in [-0.15, -0.1) is 0 Å². The van der Waals surface area contributed by atoms with E-state index < -0.39 is 0 Å². The quantitative estimate of drug-likeness (QED) is 0.863. The molecule has 1 atom stereocenters. The Hall–Kier alpha value is -1.00. The van der Waals surface area contributed by atoms with Crippen LogP contribution >= 0.6 is 23.2 Å². The van der Waals surface area contributed by atoms with Gasteiger partial charge in [0.1, 0.15) is 5.76 Å². The summed E-state index contributed by atoms with van der Waals surface area (Å²) in [5.41, 5.74) is 7.07. The fourth-order valence-corrected chi connectivity index (χ4v) is 3.23. The summed E-state index contributed by atoms with van der Waals surface area (Å²) in [7, 11) is 0. The molecule has 2 aromatic rings. The van der Waals surface area contributed by atoms with Crippen LogP contribution in [0.2, 0.25) is 10.0 Å². The number of nitrogens with zero attached hydrogens (tertiary/aromatic N) is 1. The third-order valence-corrected chi connectivity index (χ3v) is 4.44. The first-order chi connectivity index (χ1) is 10.2. The minimum absolute atomic E-state index is 0.0763. The average Bonchev–Trinajstić information content (AvgIpc) is 3.18. The van der Waals surface area contributed by atoms with Gasteiger partial charge in [-0.3, -0.25) is 4.90 Å². The van der Waals surface area contributed by atoms with Crippen molar-refractivity contribution in [2.45, 2.75) is 31.5 Å². The van der Waals surface area contributed by atoms with Crippen LogP contribution in [0.25, 0.3) is 0 Å². The maximum Gasteiger partial charge on any atom is 0.117 e. The molecule has 21 heavy (non-hydrogen) atoms. The van der Waals surface area contributed by atoms with Gasteiger partial charge in [0.05, 0.1) is 12.8 Å². The van der Waals surface area contributed by atoms with Crippen LogP contribution in [0.3, 0.4) is 0 Å². The van der Waals surface area contributed by atoms with Crippen molar-refractivity contribution in [2.24, 2.45) is 5.73 Å².